The number of unbranched alkanes of at least 4 members (excludes halogenated alkanes) is 3. The summed E-state index contributed by atoms with van der Waals surface area (Å²) in [6, 6.07) is 0. The second kappa shape index (κ2) is 10.7. The van der Waals surface area contributed by atoms with Crippen LogP contribution >= 0.6 is 24.0 Å². The van der Waals surface area contributed by atoms with Crippen molar-refractivity contribution in [1.82, 2.24) is 9.80 Å². The van der Waals surface area contributed by atoms with Crippen LogP contribution < -0.4 is 0 Å². The van der Waals surface area contributed by atoms with Gasteiger partial charge in [-0.1, -0.05) is 12.8 Å². The molecular weight excluding hydrogens is 275 g/mol. The molecule has 0 aliphatic carbocycles. The summed E-state index contributed by atoms with van der Waals surface area (Å²) < 4.78 is 0. The number of rotatable bonds is 7. The Morgan fingerprint density at radius 1 is 0.615 bits per heavy atom. The summed E-state index contributed by atoms with van der Waals surface area (Å²) in [5.41, 5.74) is 0. The van der Waals surface area contributed by atoms with E-state index in [1.54, 1.807) is 0 Å². The fourth-order valence-corrected chi connectivity index (χ4v) is 1.21. The average Bonchev–Trinajstić information content (AvgIpc) is 1.95. The van der Waals surface area contributed by atoms with Crippen LogP contribution in [0.3, 0.4) is 0 Å². The molecule has 0 rings (SSSR count). The van der Waals surface area contributed by atoms with Crippen LogP contribution in [0.25, 0.3) is 0 Å². The zero-order valence-electron chi connectivity index (χ0n) is 9.55. The van der Waals surface area contributed by atoms with E-state index in [0.29, 0.717) is 0 Å². The summed E-state index contributed by atoms with van der Waals surface area (Å²) in [4.78, 5) is 4.51. The molecule has 0 aromatic rings. The monoisotopic (exact) mass is 300 g/mol. The SMILES string of the molecule is CN(C)CCCCCCN(C)C.I. The molecule has 0 amide bonds. The second-order valence-electron chi connectivity index (χ2n) is 4.02. The maximum atomic E-state index is 2.26. The normalized spacial score (nSPS) is 10.6. The van der Waals surface area contributed by atoms with Gasteiger partial charge in [-0.2, -0.15) is 0 Å². The highest BCUT2D eigenvalue weighted by Crippen LogP contribution is 2.00. The van der Waals surface area contributed by atoms with Crippen molar-refractivity contribution in [2.24, 2.45) is 0 Å². The molecule has 0 radical (unpaired) electrons. The highest BCUT2D eigenvalue weighted by Gasteiger charge is 1.92. The first-order valence-electron chi connectivity index (χ1n) is 4.92. The minimum Gasteiger partial charge on any atom is -0.309 e. The summed E-state index contributed by atoms with van der Waals surface area (Å²) >= 11 is 0. The van der Waals surface area contributed by atoms with Crippen molar-refractivity contribution in [3.63, 3.8) is 0 Å². The van der Waals surface area contributed by atoms with Crippen LogP contribution in [0.15, 0.2) is 0 Å². The molecule has 0 spiro atoms. The molecule has 0 aromatic carbocycles. The molecule has 0 aliphatic rings. The van der Waals surface area contributed by atoms with Crippen LogP contribution in [0, 0.1) is 0 Å². The van der Waals surface area contributed by atoms with Gasteiger partial charge in [-0.25, -0.2) is 0 Å². The Bertz CT molecular complexity index is 82.9. The van der Waals surface area contributed by atoms with E-state index in [0.717, 1.165) is 0 Å². The summed E-state index contributed by atoms with van der Waals surface area (Å²) in [6.45, 7) is 2.48. The number of nitrogens with zero attached hydrogens (tertiary/aromatic N) is 2. The number of halogens is 1. The first-order chi connectivity index (χ1) is 5.63. The molecular formula is C10H25IN2. The van der Waals surface area contributed by atoms with Crippen LogP contribution in [0.5, 0.6) is 0 Å². The summed E-state index contributed by atoms with van der Waals surface area (Å²) in [5.74, 6) is 0. The molecule has 0 saturated heterocycles. The highest BCUT2D eigenvalue weighted by atomic mass is 127. The maximum Gasteiger partial charge on any atom is -0.00248 e. The van der Waals surface area contributed by atoms with Gasteiger partial charge in [-0.15, -0.1) is 24.0 Å². The van der Waals surface area contributed by atoms with Crippen LogP contribution in [-0.2, 0) is 0 Å². The summed E-state index contributed by atoms with van der Waals surface area (Å²) in [7, 11) is 8.55. The minimum atomic E-state index is 0. The number of hydrogen-bond donors (Lipinski definition) is 0. The largest absolute Gasteiger partial charge is 0.309 e. The van der Waals surface area contributed by atoms with E-state index in [2.05, 4.69) is 38.0 Å². The number of hydrogen-bond acceptors (Lipinski definition) is 2. The van der Waals surface area contributed by atoms with Gasteiger partial charge in [0, 0.05) is 0 Å². The molecule has 13 heavy (non-hydrogen) atoms. The van der Waals surface area contributed by atoms with Gasteiger partial charge in [-0.3, -0.25) is 0 Å². The standard InChI is InChI=1S/C10H24N2.HI/c1-11(2)9-7-5-6-8-10-12(3)4;/h5-10H2,1-4H3;1H. The maximum absolute atomic E-state index is 2.26. The Balaban J connectivity index is 0. The van der Waals surface area contributed by atoms with Crippen molar-refractivity contribution in [1.29, 1.82) is 0 Å². The zero-order chi connectivity index (χ0) is 9.40. The van der Waals surface area contributed by atoms with Gasteiger partial charge < -0.3 is 9.80 Å². The Labute approximate surface area is 101 Å². The van der Waals surface area contributed by atoms with E-state index in [-0.39, 0.29) is 24.0 Å². The molecule has 3 heteroatoms. The van der Waals surface area contributed by atoms with Crippen molar-refractivity contribution in [2.45, 2.75) is 25.7 Å². The molecule has 0 aromatic heterocycles. The lowest BCUT2D eigenvalue weighted by Gasteiger charge is -2.10. The lowest BCUT2D eigenvalue weighted by Crippen LogP contribution is -2.14. The fraction of sp³-hybridized carbons (Fsp3) is 1.00. The Hall–Kier alpha value is 0.650. The van der Waals surface area contributed by atoms with Crippen LogP contribution in [0.2, 0.25) is 0 Å². The third-order valence-corrected chi connectivity index (χ3v) is 1.96. The van der Waals surface area contributed by atoms with Crippen molar-refractivity contribution >= 4 is 24.0 Å². The predicted molar refractivity (Wildman–Crippen MR) is 71.0 cm³/mol. The minimum absolute atomic E-state index is 0. The smallest absolute Gasteiger partial charge is 0.00248 e. The van der Waals surface area contributed by atoms with Gasteiger partial charge in [0.05, 0.1) is 0 Å². The van der Waals surface area contributed by atoms with Crippen LogP contribution in [-0.4, -0.2) is 51.1 Å². The first kappa shape index (κ1) is 16.1. The molecule has 0 bridgehead atoms. The third-order valence-electron chi connectivity index (χ3n) is 1.96. The van der Waals surface area contributed by atoms with E-state index < -0.39 is 0 Å². The van der Waals surface area contributed by atoms with Gasteiger partial charge >= 0.3 is 0 Å². The summed E-state index contributed by atoms with van der Waals surface area (Å²) in [5, 5.41) is 0. The quantitative estimate of drug-likeness (QED) is 0.526. The van der Waals surface area contributed by atoms with Crippen molar-refractivity contribution in [3.05, 3.63) is 0 Å². The molecule has 82 valence electrons. The van der Waals surface area contributed by atoms with E-state index in [1.165, 1.54) is 38.8 Å². The molecule has 0 atom stereocenters. The van der Waals surface area contributed by atoms with E-state index in [1.807, 2.05) is 0 Å². The average molecular weight is 300 g/mol. The van der Waals surface area contributed by atoms with Gasteiger partial charge in [0.15, 0.2) is 0 Å². The molecule has 0 heterocycles. The lowest BCUT2D eigenvalue weighted by atomic mass is 10.2. The molecule has 2 nitrogen and oxygen atoms in total. The van der Waals surface area contributed by atoms with Gasteiger partial charge in [-0.05, 0) is 54.1 Å². The van der Waals surface area contributed by atoms with Gasteiger partial charge in [0.2, 0.25) is 0 Å². The lowest BCUT2D eigenvalue weighted by molar-refractivity contribution is 0.370. The third kappa shape index (κ3) is 15.4. The van der Waals surface area contributed by atoms with Crippen molar-refractivity contribution in [2.75, 3.05) is 41.3 Å². The van der Waals surface area contributed by atoms with Crippen molar-refractivity contribution in [3.8, 4) is 0 Å². The predicted octanol–water partition coefficient (Wildman–Crippen LogP) is 2.29. The van der Waals surface area contributed by atoms with Crippen LogP contribution in [0.1, 0.15) is 25.7 Å². The highest BCUT2D eigenvalue weighted by molar-refractivity contribution is 14.0. The topological polar surface area (TPSA) is 6.48 Å². The van der Waals surface area contributed by atoms with Crippen LogP contribution in [0.4, 0.5) is 0 Å². The van der Waals surface area contributed by atoms with E-state index >= 15 is 0 Å². The van der Waals surface area contributed by atoms with Gasteiger partial charge in [0.25, 0.3) is 0 Å². The molecule has 0 unspecified atom stereocenters. The van der Waals surface area contributed by atoms with Gasteiger partial charge in [0.1, 0.15) is 0 Å². The molecule has 0 aliphatic heterocycles. The Morgan fingerprint density at radius 3 is 1.15 bits per heavy atom. The van der Waals surface area contributed by atoms with Crippen molar-refractivity contribution < 1.29 is 0 Å². The van der Waals surface area contributed by atoms with E-state index in [9.17, 15) is 0 Å². The Morgan fingerprint density at radius 2 is 0.923 bits per heavy atom. The second-order valence-corrected chi connectivity index (χ2v) is 4.02. The zero-order valence-corrected chi connectivity index (χ0v) is 11.9. The molecule has 0 saturated carbocycles. The first-order valence-corrected chi connectivity index (χ1v) is 4.92. The van der Waals surface area contributed by atoms with E-state index in [4.69, 9.17) is 0 Å². The molecule has 0 fully saturated rings. The molecule has 0 N–H and O–H groups in total. The fourth-order valence-electron chi connectivity index (χ4n) is 1.21. The summed E-state index contributed by atoms with van der Waals surface area (Å²) in [6.07, 6.45) is 5.46. The Kier molecular flexibility index (Phi) is 13.3.